The van der Waals surface area contributed by atoms with Gasteiger partial charge in [-0.05, 0) is 30.2 Å². The van der Waals surface area contributed by atoms with Crippen molar-refractivity contribution in [3.63, 3.8) is 0 Å². The average molecular weight is 288 g/mol. The molecule has 1 aromatic rings. The van der Waals surface area contributed by atoms with E-state index in [0.29, 0.717) is 5.56 Å². The van der Waals surface area contributed by atoms with Crippen LogP contribution >= 0.6 is 15.9 Å². The van der Waals surface area contributed by atoms with E-state index in [2.05, 4.69) is 20.8 Å². The maximum atomic E-state index is 13.4. The molecule has 2 rings (SSSR count). The molecule has 1 heterocycles. The molecule has 0 N–H and O–H groups in total. The van der Waals surface area contributed by atoms with Crippen LogP contribution in [0.3, 0.4) is 0 Å². The topological polar surface area (TPSA) is 12.5 Å². The lowest BCUT2D eigenvalue weighted by molar-refractivity contribution is 0.0340. The maximum absolute atomic E-state index is 13.4. The summed E-state index contributed by atoms with van der Waals surface area (Å²) in [7, 11) is 0. The molecule has 1 aliphatic rings. The molecule has 0 radical (unpaired) electrons. The lowest BCUT2D eigenvalue weighted by atomic mass is 10.1. The molecule has 0 bridgehead atoms. The van der Waals surface area contributed by atoms with Crippen LogP contribution in [0.25, 0.3) is 0 Å². The molecule has 1 fully saturated rings. The summed E-state index contributed by atoms with van der Waals surface area (Å²) in [5, 5.41) is 0. The Kier molecular flexibility index (Phi) is 3.95. The van der Waals surface area contributed by atoms with E-state index in [4.69, 9.17) is 4.74 Å². The van der Waals surface area contributed by atoms with Gasteiger partial charge in [-0.15, -0.1) is 0 Å². The molecular weight excluding hydrogens is 273 g/mol. The third kappa shape index (κ3) is 2.81. The Morgan fingerprint density at radius 3 is 2.75 bits per heavy atom. The highest BCUT2D eigenvalue weighted by atomic mass is 79.9. The molecule has 0 saturated carbocycles. The Labute approximate surface area is 104 Å². The van der Waals surface area contributed by atoms with E-state index in [1.165, 1.54) is 0 Å². The molecule has 0 spiro atoms. The molecule has 88 valence electrons. The number of aryl methyl sites for hydroxylation is 1. The van der Waals surface area contributed by atoms with Gasteiger partial charge in [-0.2, -0.15) is 0 Å². The van der Waals surface area contributed by atoms with E-state index in [9.17, 15) is 4.39 Å². The Balaban J connectivity index is 2.11. The Morgan fingerprint density at radius 2 is 2.06 bits per heavy atom. The molecule has 0 atom stereocenters. The number of hydrogen-bond acceptors (Lipinski definition) is 2. The lowest BCUT2D eigenvalue weighted by Crippen LogP contribution is -2.35. The molecule has 0 amide bonds. The van der Waals surface area contributed by atoms with Crippen molar-refractivity contribution in [2.45, 2.75) is 13.5 Å². The van der Waals surface area contributed by atoms with Gasteiger partial charge in [0, 0.05) is 24.1 Å². The van der Waals surface area contributed by atoms with Crippen LogP contribution in [0.15, 0.2) is 16.6 Å². The summed E-state index contributed by atoms with van der Waals surface area (Å²) in [6, 6.07) is 3.46. The van der Waals surface area contributed by atoms with Crippen molar-refractivity contribution in [2.75, 3.05) is 26.3 Å². The van der Waals surface area contributed by atoms with E-state index >= 15 is 0 Å². The zero-order valence-electron chi connectivity index (χ0n) is 9.30. The van der Waals surface area contributed by atoms with E-state index < -0.39 is 0 Å². The van der Waals surface area contributed by atoms with Crippen LogP contribution in [0.4, 0.5) is 4.39 Å². The second-order valence-electron chi connectivity index (χ2n) is 4.08. The number of morpholine rings is 1. The molecule has 1 aliphatic heterocycles. The van der Waals surface area contributed by atoms with Crippen LogP contribution in [0.2, 0.25) is 0 Å². The predicted molar refractivity (Wildman–Crippen MR) is 64.9 cm³/mol. The van der Waals surface area contributed by atoms with Crippen LogP contribution in [-0.2, 0) is 11.3 Å². The van der Waals surface area contributed by atoms with Gasteiger partial charge in [-0.1, -0.05) is 15.9 Å². The third-order valence-electron chi connectivity index (χ3n) is 2.83. The van der Waals surface area contributed by atoms with Crippen molar-refractivity contribution in [2.24, 2.45) is 0 Å². The second kappa shape index (κ2) is 5.25. The zero-order chi connectivity index (χ0) is 11.5. The molecule has 1 aromatic carbocycles. The van der Waals surface area contributed by atoms with Gasteiger partial charge in [-0.25, -0.2) is 4.39 Å². The first kappa shape index (κ1) is 12.0. The Bertz CT molecular complexity index is 378. The standard InChI is InChI=1S/C12H15BrFNO/c1-9-6-11(13)10(7-12(9)14)8-15-2-4-16-5-3-15/h6-7H,2-5,8H2,1H3. The van der Waals surface area contributed by atoms with Gasteiger partial charge in [-0.3, -0.25) is 4.90 Å². The second-order valence-corrected chi connectivity index (χ2v) is 4.94. The van der Waals surface area contributed by atoms with Gasteiger partial charge in [0.15, 0.2) is 0 Å². The van der Waals surface area contributed by atoms with E-state index in [1.807, 2.05) is 6.07 Å². The van der Waals surface area contributed by atoms with Gasteiger partial charge < -0.3 is 4.74 Å². The molecule has 0 aromatic heterocycles. The molecule has 1 saturated heterocycles. The summed E-state index contributed by atoms with van der Waals surface area (Å²) < 4.78 is 19.7. The average Bonchev–Trinajstić information content (AvgIpc) is 2.27. The molecule has 0 unspecified atom stereocenters. The van der Waals surface area contributed by atoms with Crippen molar-refractivity contribution in [3.8, 4) is 0 Å². The molecular formula is C12H15BrFNO. The maximum Gasteiger partial charge on any atom is 0.126 e. The fraction of sp³-hybridized carbons (Fsp3) is 0.500. The fourth-order valence-electron chi connectivity index (χ4n) is 1.81. The highest BCUT2D eigenvalue weighted by Gasteiger charge is 2.13. The first-order chi connectivity index (χ1) is 7.66. The van der Waals surface area contributed by atoms with Gasteiger partial charge in [0.2, 0.25) is 0 Å². The Hall–Kier alpha value is -0.450. The highest BCUT2D eigenvalue weighted by Crippen LogP contribution is 2.22. The quantitative estimate of drug-likeness (QED) is 0.829. The zero-order valence-corrected chi connectivity index (χ0v) is 10.9. The Morgan fingerprint density at radius 1 is 1.38 bits per heavy atom. The van der Waals surface area contributed by atoms with Crippen molar-refractivity contribution in [3.05, 3.63) is 33.5 Å². The minimum atomic E-state index is -0.133. The van der Waals surface area contributed by atoms with Crippen molar-refractivity contribution < 1.29 is 9.13 Å². The summed E-state index contributed by atoms with van der Waals surface area (Å²) in [5.41, 5.74) is 1.68. The first-order valence-corrected chi connectivity index (χ1v) is 6.21. The largest absolute Gasteiger partial charge is 0.379 e. The minimum Gasteiger partial charge on any atom is -0.379 e. The van der Waals surface area contributed by atoms with Gasteiger partial charge in [0.25, 0.3) is 0 Å². The summed E-state index contributed by atoms with van der Waals surface area (Å²) in [6.07, 6.45) is 0. The minimum absolute atomic E-state index is 0.133. The van der Waals surface area contributed by atoms with E-state index in [0.717, 1.165) is 42.9 Å². The van der Waals surface area contributed by atoms with Crippen molar-refractivity contribution in [1.29, 1.82) is 0 Å². The molecule has 0 aliphatic carbocycles. The normalized spacial score (nSPS) is 17.7. The molecule has 16 heavy (non-hydrogen) atoms. The van der Waals surface area contributed by atoms with Crippen molar-refractivity contribution >= 4 is 15.9 Å². The van der Waals surface area contributed by atoms with E-state index in [-0.39, 0.29) is 5.82 Å². The number of halogens is 2. The highest BCUT2D eigenvalue weighted by molar-refractivity contribution is 9.10. The number of nitrogens with zero attached hydrogens (tertiary/aromatic N) is 1. The van der Waals surface area contributed by atoms with Gasteiger partial charge in [0.1, 0.15) is 5.82 Å². The van der Waals surface area contributed by atoms with Crippen LogP contribution in [0.1, 0.15) is 11.1 Å². The predicted octanol–water partition coefficient (Wildman–Crippen LogP) is 2.73. The SMILES string of the molecule is Cc1cc(Br)c(CN2CCOCC2)cc1F. The molecule has 4 heteroatoms. The van der Waals surface area contributed by atoms with E-state index in [1.54, 1.807) is 13.0 Å². The fourth-order valence-corrected chi connectivity index (χ4v) is 2.39. The van der Waals surface area contributed by atoms with Crippen LogP contribution in [-0.4, -0.2) is 31.2 Å². The van der Waals surface area contributed by atoms with Crippen LogP contribution in [0.5, 0.6) is 0 Å². The number of hydrogen-bond donors (Lipinski definition) is 0. The number of ether oxygens (including phenoxy) is 1. The lowest BCUT2D eigenvalue weighted by Gasteiger charge is -2.27. The molecule has 2 nitrogen and oxygen atoms in total. The van der Waals surface area contributed by atoms with Crippen LogP contribution < -0.4 is 0 Å². The number of rotatable bonds is 2. The van der Waals surface area contributed by atoms with Gasteiger partial charge >= 0.3 is 0 Å². The summed E-state index contributed by atoms with van der Waals surface area (Å²) in [4.78, 5) is 2.28. The van der Waals surface area contributed by atoms with Gasteiger partial charge in [0.05, 0.1) is 13.2 Å². The summed E-state index contributed by atoms with van der Waals surface area (Å²) in [6.45, 7) is 5.93. The summed E-state index contributed by atoms with van der Waals surface area (Å²) >= 11 is 3.48. The third-order valence-corrected chi connectivity index (χ3v) is 3.56. The summed E-state index contributed by atoms with van der Waals surface area (Å²) in [5.74, 6) is -0.133. The van der Waals surface area contributed by atoms with Crippen molar-refractivity contribution in [1.82, 2.24) is 4.90 Å². The first-order valence-electron chi connectivity index (χ1n) is 5.41. The smallest absolute Gasteiger partial charge is 0.126 e. The monoisotopic (exact) mass is 287 g/mol. The number of benzene rings is 1. The van der Waals surface area contributed by atoms with Crippen LogP contribution in [0, 0.1) is 12.7 Å².